The average Bonchev–Trinajstić information content (AvgIpc) is 3.64. The molecular weight excluding hydrogens is 996 g/mol. The van der Waals surface area contributed by atoms with Crippen LogP contribution in [0.2, 0.25) is 0 Å². The number of aliphatic hydroxyl groups is 21. The van der Waals surface area contributed by atoms with E-state index in [1.807, 2.05) is 0 Å². The van der Waals surface area contributed by atoms with Crippen molar-refractivity contribution in [3.63, 3.8) is 0 Å². The molecule has 0 bridgehead atoms. The van der Waals surface area contributed by atoms with Crippen LogP contribution in [0.4, 0.5) is 0 Å². The quantitative estimate of drug-likeness (QED) is 0.0507. The minimum Gasteiger partial charge on any atom is -0.394 e. The molecule has 6 fully saturated rings. The molecule has 31 atom stereocenters. The van der Waals surface area contributed by atoms with E-state index in [1.165, 1.54) is 0 Å². The molecule has 0 unspecified atom stereocenters. The Labute approximate surface area is 407 Å². The Morgan fingerprint density at radius 3 is 1.36 bits per heavy atom. The molecule has 0 amide bonds. The van der Waals surface area contributed by atoms with Gasteiger partial charge >= 0.3 is 0 Å². The highest BCUT2D eigenvalue weighted by molar-refractivity contribution is 4.98. The first-order chi connectivity index (χ1) is 34.1. The SMILES string of the molecule is OC[C@@H](O)[C@@H](O[C@@H]1O[C@H](CO)[C@@H](O[C@@H]2O[C@H](CO[C@H]3OC[C@@H](O)[C@H](O)[C@H]3O)[C@@H](O[C@@H]3O[C@H](CO[C@H]4OC[C@@H](O)[C@H](O)[C@H]4O[C@@H]4O[C@@H](CO)[C@H](O)[C@H]4O)[C@@H](O)[C@H](O)[C@H]3O)[C@H](O)[C@H]2O)[C@H](O)[C@H]1O)[C@H](O)[C@@H](O)CO. The lowest BCUT2D eigenvalue weighted by Crippen LogP contribution is -2.67. The van der Waals surface area contributed by atoms with Crippen LogP contribution in [0.25, 0.3) is 0 Å². The first kappa shape index (κ1) is 59.9. The Kier molecular flexibility index (Phi) is 21.9. The zero-order chi connectivity index (χ0) is 53.0. The van der Waals surface area contributed by atoms with Crippen LogP contribution < -0.4 is 0 Å². The minimum absolute atomic E-state index is 0.551. The van der Waals surface area contributed by atoms with E-state index in [0.29, 0.717) is 0 Å². The second kappa shape index (κ2) is 26.4. The highest BCUT2D eigenvalue weighted by Gasteiger charge is 2.56. The van der Waals surface area contributed by atoms with Gasteiger partial charge in [-0.25, -0.2) is 0 Å². The summed E-state index contributed by atoms with van der Waals surface area (Å²) in [4.78, 5) is 0. The molecule has 6 aliphatic rings. The predicted octanol–water partition coefficient (Wildman–Crippen LogP) is -14.7. The molecular formula is C39H68O33. The molecule has 72 heavy (non-hydrogen) atoms. The minimum atomic E-state index is -2.27. The maximum absolute atomic E-state index is 11.6. The van der Waals surface area contributed by atoms with Crippen LogP contribution >= 0.6 is 0 Å². The molecule has 6 aliphatic heterocycles. The van der Waals surface area contributed by atoms with Gasteiger partial charge in [-0.15, -0.1) is 0 Å². The topological polar surface area (TPSA) is 536 Å². The lowest BCUT2D eigenvalue weighted by Gasteiger charge is -2.49. The molecule has 0 aliphatic carbocycles. The zero-order valence-corrected chi connectivity index (χ0v) is 37.8. The molecule has 33 nitrogen and oxygen atoms in total. The molecule has 0 aromatic carbocycles. The molecule has 0 aromatic heterocycles. The molecule has 6 heterocycles. The standard InChI is InChI=1S/C39H68O33/c40-1-9(44)18(49)30(10(45)2-41)69-37-28(59)23(54)31(14(4-43)66-37)70-38-29(60)24(55)32(16(68-38)8-63-34-25(56)17(48)11(46)5-61-34)71-36-27(58)22(53)21(52)15(67-36)7-64-39-33(19(50)12(47)6-62-39)72-35-26(57)20(51)13(3-42)65-35/h9-60H,1-8H2/t9-,10+,11+,12+,13-,14+,15+,16+,17-,18+,19-,20-,21+,22-,23+,24+,25+,26+,27+,28+,29+,30+,31+,32+,33+,34+,35-,36-,37-,38-,39+/m0/s1. The van der Waals surface area contributed by atoms with Crippen molar-refractivity contribution in [1.29, 1.82) is 0 Å². The molecule has 6 rings (SSSR count). The number of hydrogen-bond acceptors (Lipinski definition) is 33. The number of rotatable bonds is 21. The molecule has 21 N–H and O–H groups in total. The van der Waals surface area contributed by atoms with E-state index < -0.39 is 243 Å². The fourth-order valence-corrected chi connectivity index (χ4v) is 8.61. The summed E-state index contributed by atoms with van der Waals surface area (Å²) in [7, 11) is 0. The van der Waals surface area contributed by atoms with Crippen LogP contribution in [0.1, 0.15) is 0 Å². The van der Waals surface area contributed by atoms with Crippen LogP contribution in [-0.2, 0) is 56.8 Å². The van der Waals surface area contributed by atoms with E-state index in [-0.39, 0.29) is 0 Å². The predicted molar refractivity (Wildman–Crippen MR) is 216 cm³/mol. The third-order valence-corrected chi connectivity index (χ3v) is 13.0. The molecule has 0 radical (unpaired) electrons. The Balaban J connectivity index is 1.18. The Bertz CT molecular complexity index is 1610. The molecule has 0 aromatic rings. The van der Waals surface area contributed by atoms with Crippen molar-refractivity contribution in [3.8, 4) is 0 Å². The second-order valence-electron chi connectivity index (χ2n) is 18.0. The summed E-state index contributed by atoms with van der Waals surface area (Å²) in [6.07, 6.45) is -58.7. The second-order valence-corrected chi connectivity index (χ2v) is 18.0. The smallest absolute Gasteiger partial charge is 0.187 e. The monoisotopic (exact) mass is 1060 g/mol. The highest BCUT2D eigenvalue weighted by atomic mass is 16.8. The van der Waals surface area contributed by atoms with Gasteiger partial charge in [0.05, 0.1) is 52.9 Å². The van der Waals surface area contributed by atoms with Crippen molar-refractivity contribution >= 4 is 0 Å². The Morgan fingerprint density at radius 1 is 0.375 bits per heavy atom. The van der Waals surface area contributed by atoms with E-state index in [4.69, 9.17) is 56.8 Å². The van der Waals surface area contributed by atoms with Crippen LogP contribution in [0.15, 0.2) is 0 Å². The number of hydrogen-bond donors (Lipinski definition) is 21. The van der Waals surface area contributed by atoms with Gasteiger partial charge in [0.25, 0.3) is 0 Å². The van der Waals surface area contributed by atoms with Gasteiger partial charge in [-0.05, 0) is 0 Å². The van der Waals surface area contributed by atoms with Gasteiger partial charge in [0.1, 0.15) is 153 Å². The molecule has 0 saturated carbocycles. The summed E-state index contributed by atoms with van der Waals surface area (Å²) in [5, 5.41) is 220. The van der Waals surface area contributed by atoms with E-state index in [1.54, 1.807) is 0 Å². The summed E-state index contributed by atoms with van der Waals surface area (Å²) in [5.41, 5.74) is 0. The van der Waals surface area contributed by atoms with Crippen molar-refractivity contribution < 1.29 is 164 Å². The van der Waals surface area contributed by atoms with Crippen molar-refractivity contribution in [1.82, 2.24) is 0 Å². The summed E-state index contributed by atoms with van der Waals surface area (Å²) in [6.45, 7) is -6.71. The Hall–Kier alpha value is -1.32. The van der Waals surface area contributed by atoms with E-state index in [9.17, 15) is 107 Å². The third kappa shape index (κ3) is 13.1. The highest BCUT2D eigenvalue weighted by Crippen LogP contribution is 2.35. The number of aliphatic hydroxyl groups excluding tert-OH is 21. The molecule has 6 saturated heterocycles. The fraction of sp³-hybridized carbons (Fsp3) is 1.00. The molecule has 33 heteroatoms. The van der Waals surface area contributed by atoms with E-state index in [2.05, 4.69) is 0 Å². The number of ether oxygens (including phenoxy) is 12. The maximum atomic E-state index is 11.6. The summed E-state index contributed by atoms with van der Waals surface area (Å²) in [5.74, 6) is 0. The average molecular weight is 1060 g/mol. The van der Waals surface area contributed by atoms with Gasteiger partial charge in [-0.2, -0.15) is 0 Å². The first-order valence-electron chi connectivity index (χ1n) is 22.8. The summed E-state index contributed by atoms with van der Waals surface area (Å²) in [6, 6.07) is 0. The van der Waals surface area contributed by atoms with Crippen LogP contribution in [0, 0.1) is 0 Å². The lowest BCUT2D eigenvalue weighted by molar-refractivity contribution is -0.388. The third-order valence-electron chi connectivity index (χ3n) is 13.0. The van der Waals surface area contributed by atoms with Gasteiger partial charge in [-0.1, -0.05) is 0 Å². The Morgan fingerprint density at radius 2 is 0.792 bits per heavy atom. The zero-order valence-electron chi connectivity index (χ0n) is 37.8. The van der Waals surface area contributed by atoms with Gasteiger partial charge in [-0.3, -0.25) is 0 Å². The largest absolute Gasteiger partial charge is 0.394 e. The van der Waals surface area contributed by atoms with Gasteiger partial charge in [0, 0.05) is 0 Å². The normalized spacial score (nSPS) is 49.0. The summed E-state index contributed by atoms with van der Waals surface area (Å²) < 4.78 is 67.1. The van der Waals surface area contributed by atoms with E-state index >= 15 is 0 Å². The summed E-state index contributed by atoms with van der Waals surface area (Å²) >= 11 is 0. The van der Waals surface area contributed by atoms with Crippen LogP contribution in [0.3, 0.4) is 0 Å². The van der Waals surface area contributed by atoms with Gasteiger partial charge < -0.3 is 164 Å². The lowest BCUT2D eigenvalue weighted by atomic mass is 9.95. The van der Waals surface area contributed by atoms with Crippen molar-refractivity contribution in [2.45, 2.75) is 190 Å². The fourth-order valence-electron chi connectivity index (χ4n) is 8.61. The van der Waals surface area contributed by atoms with Crippen LogP contribution in [-0.4, -0.2) is 350 Å². The molecule has 422 valence electrons. The van der Waals surface area contributed by atoms with Crippen LogP contribution in [0.5, 0.6) is 0 Å². The van der Waals surface area contributed by atoms with Gasteiger partial charge in [0.15, 0.2) is 37.7 Å². The van der Waals surface area contributed by atoms with E-state index in [0.717, 1.165) is 0 Å². The first-order valence-corrected chi connectivity index (χ1v) is 22.8. The van der Waals surface area contributed by atoms with Gasteiger partial charge in [0.2, 0.25) is 0 Å². The molecule has 0 spiro atoms. The van der Waals surface area contributed by atoms with Crippen molar-refractivity contribution in [2.24, 2.45) is 0 Å². The maximum Gasteiger partial charge on any atom is 0.187 e. The van der Waals surface area contributed by atoms with Crippen molar-refractivity contribution in [2.75, 3.05) is 52.9 Å². The van der Waals surface area contributed by atoms with Crippen molar-refractivity contribution in [3.05, 3.63) is 0 Å².